The van der Waals surface area contributed by atoms with Gasteiger partial charge in [0.2, 0.25) is 0 Å². The van der Waals surface area contributed by atoms with Crippen LogP contribution in [0, 0.1) is 0 Å². The highest BCUT2D eigenvalue weighted by atomic mass is 16.7. The predicted molar refractivity (Wildman–Crippen MR) is 148 cm³/mol. The number of hydrogen-bond donors (Lipinski definition) is 0. The quantitative estimate of drug-likeness (QED) is 0.251. The van der Waals surface area contributed by atoms with Gasteiger partial charge in [0.25, 0.3) is 0 Å². The largest absolute Gasteiger partial charge is 0.494 e. The van der Waals surface area contributed by atoms with E-state index in [1.54, 1.807) is 0 Å². The highest BCUT2D eigenvalue weighted by Gasteiger charge is 2.51. The Balaban J connectivity index is 1.38. The van der Waals surface area contributed by atoms with Gasteiger partial charge in [-0.05, 0) is 73.1 Å². The van der Waals surface area contributed by atoms with Crippen molar-refractivity contribution in [3.63, 3.8) is 0 Å². The average Bonchev–Trinajstić information content (AvgIpc) is 3.41. The van der Waals surface area contributed by atoms with Gasteiger partial charge in [0.15, 0.2) is 0 Å². The molecule has 36 heavy (non-hydrogen) atoms. The molecule has 0 radical (unpaired) electrons. The van der Waals surface area contributed by atoms with Gasteiger partial charge in [0.05, 0.1) is 17.5 Å². The zero-order chi connectivity index (χ0) is 24.9. The second-order valence-corrected chi connectivity index (χ2v) is 10.5. The Morgan fingerprint density at radius 3 is 1.94 bits per heavy atom. The van der Waals surface area contributed by atoms with E-state index in [2.05, 4.69) is 113 Å². The Labute approximate surface area is 212 Å². The molecule has 4 heteroatoms. The van der Waals surface area contributed by atoms with Crippen LogP contribution in [0.3, 0.4) is 0 Å². The maximum atomic E-state index is 6.30. The van der Waals surface area contributed by atoms with E-state index in [4.69, 9.17) is 13.7 Å². The third kappa shape index (κ3) is 3.87. The minimum Gasteiger partial charge on any atom is -0.464 e. The number of benzene rings is 4. The lowest BCUT2D eigenvalue weighted by atomic mass is 9.78. The van der Waals surface area contributed by atoms with Gasteiger partial charge in [-0.25, -0.2) is 0 Å². The molecule has 0 aliphatic carbocycles. The molecule has 1 aromatic heterocycles. The lowest BCUT2D eigenvalue weighted by Gasteiger charge is -2.32. The van der Waals surface area contributed by atoms with E-state index in [0.29, 0.717) is 0 Å². The lowest BCUT2D eigenvalue weighted by molar-refractivity contribution is 0.00578. The van der Waals surface area contributed by atoms with Gasteiger partial charge >= 0.3 is 7.12 Å². The van der Waals surface area contributed by atoms with Crippen LogP contribution < -0.4 is 5.46 Å². The van der Waals surface area contributed by atoms with E-state index in [0.717, 1.165) is 44.2 Å². The third-order valence-corrected chi connectivity index (χ3v) is 7.62. The van der Waals surface area contributed by atoms with Crippen LogP contribution in [0.1, 0.15) is 27.7 Å². The molecule has 3 nitrogen and oxygen atoms in total. The van der Waals surface area contributed by atoms with Crippen molar-refractivity contribution in [3.05, 3.63) is 103 Å². The molecular weight excluding hydrogens is 443 g/mol. The van der Waals surface area contributed by atoms with E-state index in [9.17, 15) is 0 Å². The van der Waals surface area contributed by atoms with Gasteiger partial charge in [0, 0.05) is 10.9 Å². The molecule has 1 saturated heterocycles. The molecule has 4 aromatic carbocycles. The average molecular weight is 472 g/mol. The van der Waals surface area contributed by atoms with Crippen molar-refractivity contribution in [1.29, 1.82) is 0 Å². The second-order valence-electron chi connectivity index (χ2n) is 10.5. The van der Waals surface area contributed by atoms with E-state index in [1.165, 1.54) is 5.56 Å². The molecule has 0 saturated carbocycles. The molecule has 0 atom stereocenters. The van der Waals surface area contributed by atoms with Gasteiger partial charge in [-0.3, -0.25) is 0 Å². The summed E-state index contributed by atoms with van der Waals surface area (Å²) in [6.07, 6.45) is 1.86. The van der Waals surface area contributed by atoms with Crippen molar-refractivity contribution in [2.24, 2.45) is 0 Å². The summed E-state index contributed by atoms with van der Waals surface area (Å²) < 4.78 is 18.4. The van der Waals surface area contributed by atoms with E-state index >= 15 is 0 Å². The summed E-state index contributed by atoms with van der Waals surface area (Å²) in [5.41, 5.74) is 8.08. The molecule has 0 amide bonds. The monoisotopic (exact) mass is 472 g/mol. The molecule has 0 spiro atoms. The topological polar surface area (TPSA) is 31.6 Å². The van der Waals surface area contributed by atoms with Gasteiger partial charge in [-0.1, -0.05) is 84.9 Å². The summed E-state index contributed by atoms with van der Waals surface area (Å²) >= 11 is 0. The minimum atomic E-state index is -0.381. The van der Waals surface area contributed by atoms with Gasteiger partial charge in [-0.15, -0.1) is 0 Å². The lowest BCUT2D eigenvalue weighted by Crippen LogP contribution is -2.41. The Morgan fingerprint density at radius 1 is 0.556 bits per heavy atom. The minimum absolute atomic E-state index is 0.367. The molecule has 0 N–H and O–H groups in total. The van der Waals surface area contributed by atoms with Crippen LogP contribution in [0.4, 0.5) is 0 Å². The molecule has 1 aliphatic heterocycles. The first kappa shape index (κ1) is 22.8. The molecule has 178 valence electrons. The number of fused-ring (bicyclic) bond motifs is 1. The Hall–Kier alpha value is -3.60. The van der Waals surface area contributed by atoms with Crippen LogP contribution >= 0.6 is 0 Å². The van der Waals surface area contributed by atoms with Crippen LogP contribution in [-0.2, 0) is 9.31 Å². The molecule has 0 unspecified atom stereocenters. The molecule has 1 fully saturated rings. The maximum absolute atomic E-state index is 6.30. The summed E-state index contributed by atoms with van der Waals surface area (Å²) in [4.78, 5) is 0. The summed E-state index contributed by atoms with van der Waals surface area (Å²) in [5.74, 6) is 0. The Kier molecular flexibility index (Phi) is 5.40. The summed E-state index contributed by atoms with van der Waals surface area (Å²) in [6.45, 7) is 8.34. The fourth-order valence-corrected chi connectivity index (χ4v) is 4.87. The zero-order valence-corrected chi connectivity index (χ0v) is 21.1. The van der Waals surface area contributed by atoms with Crippen molar-refractivity contribution >= 4 is 23.6 Å². The van der Waals surface area contributed by atoms with E-state index < -0.39 is 0 Å². The van der Waals surface area contributed by atoms with Gasteiger partial charge in [0.1, 0.15) is 5.58 Å². The van der Waals surface area contributed by atoms with Crippen LogP contribution in [0.25, 0.3) is 44.3 Å². The number of furan rings is 1. The highest BCUT2D eigenvalue weighted by molar-refractivity contribution is 6.62. The molecule has 5 aromatic rings. The van der Waals surface area contributed by atoms with Crippen molar-refractivity contribution < 1.29 is 13.7 Å². The van der Waals surface area contributed by atoms with Crippen LogP contribution in [0.2, 0.25) is 0 Å². The maximum Gasteiger partial charge on any atom is 0.494 e. The highest BCUT2D eigenvalue weighted by Crippen LogP contribution is 2.39. The zero-order valence-electron chi connectivity index (χ0n) is 21.1. The molecule has 6 rings (SSSR count). The molecule has 0 bridgehead atoms. The first-order valence-corrected chi connectivity index (χ1v) is 12.4. The molecule has 1 aliphatic rings. The smallest absolute Gasteiger partial charge is 0.464 e. The van der Waals surface area contributed by atoms with Crippen LogP contribution in [0.5, 0.6) is 0 Å². The second kappa shape index (κ2) is 8.51. The first-order valence-electron chi connectivity index (χ1n) is 12.4. The van der Waals surface area contributed by atoms with Crippen molar-refractivity contribution in [2.45, 2.75) is 38.9 Å². The number of hydrogen-bond acceptors (Lipinski definition) is 3. The normalized spacial score (nSPS) is 16.5. The summed E-state index contributed by atoms with van der Waals surface area (Å²) in [7, 11) is -0.381. The standard InChI is InChI=1S/C32H29BO3/c1-31(2)32(3,4)36-33(35-31)25-14-10-12-23(20-25)22-11-9-13-24(19-22)26-15-5-6-16-27(26)29-21-34-30-18-8-7-17-28(29)30/h5-21H,1-4H3. The third-order valence-electron chi connectivity index (χ3n) is 7.62. The molecular formula is C32H29BO3. The Morgan fingerprint density at radius 2 is 1.17 bits per heavy atom. The van der Waals surface area contributed by atoms with E-state index in [1.807, 2.05) is 18.4 Å². The number of para-hydroxylation sites is 1. The molecule has 2 heterocycles. The summed E-state index contributed by atoms with van der Waals surface area (Å²) in [5, 5.41) is 1.12. The van der Waals surface area contributed by atoms with Gasteiger partial charge < -0.3 is 13.7 Å². The first-order chi connectivity index (χ1) is 17.3. The van der Waals surface area contributed by atoms with E-state index in [-0.39, 0.29) is 18.3 Å². The van der Waals surface area contributed by atoms with Crippen LogP contribution in [0.15, 0.2) is 108 Å². The predicted octanol–water partition coefficient (Wildman–Crippen LogP) is 7.73. The fourth-order valence-electron chi connectivity index (χ4n) is 4.87. The van der Waals surface area contributed by atoms with Crippen molar-refractivity contribution in [3.8, 4) is 33.4 Å². The van der Waals surface area contributed by atoms with Gasteiger partial charge in [-0.2, -0.15) is 0 Å². The number of rotatable bonds is 4. The van der Waals surface area contributed by atoms with Crippen LogP contribution in [-0.4, -0.2) is 18.3 Å². The Bertz CT molecular complexity index is 1550. The van der Waals surface area contributed by atoms with Crippen molar-refractivity contribution in [2.75, 3.05) is 0 Å². The van der Waals surface area contributed by atoms with Crippen molar-refractivity contribution in [1.82, 2.24) is 0 Å². The fraction of sp³-hybridized carbons (Fsp3) is 0.188. The SMILES string of the molecule is CC1(C)OB(c2cccc(-c3cccc(-c4ccccc4-c4coc5ccccc45)c3)c2)OC1(C)C. The summed E-state index contributed by atoms with van der Waals surface area (Å²) in [6, 6.07) is 33.9.